The van der Waals surface area contributed by atoms with Crippen LogP contribution in [0.2, 0.25) is 0 Å². The smallest absolute Gasteiger partial charge is 0.326 e. The Balaban J connectivity index is 2.45. The molecule has 7 nitrogen and oxygen atoms in total. The van der Waals surface area contributed by atoms with Crippen LogP contribution in [0, 0.1) is 0 Å². The molecule has 1 unspecified atom stereocenters. The van der Waals surface area contributed by atoms with Crippen LogP contribution in [0.3, 0.4) is 0 Å². The average molecular weight is 235 g/mol. The van der Waals surface area contributed by atoms with E-state index in [0.29, 0.717) is 17.9 Å². The maximum Gasteiger partial charge on any atom is 0.326 e. The summed E-state index contributed by atoms with van der Waals surface area (Å²) < 4.78 is 1.70. The number of carboxylic acids is 1. The van der Waals surface area contributed by atoms with Crippen molar-refractivity contribution < 1.29 is 9.90 Å². The third-order valence-electron chi connectivity index (χ3n) is 2.67. The number of aromatic nitrogens is 4. The van der Waals surface area contributed by atoms with Gasteiger partial charge in [0.15, 0.2) is 5.82 Å². The lowest BCUT2D eigenvalue weighted by molar-refractivity contribution is -0.138. The van der Waals surface area contributed by atoms with Gasteiger partial charge in [0.2, 0.25) is 5.65 Å². The molecule has 0 bridgehead atoms. The van der Waals surface area contributed by atoms with Crippen molar-refractivity contribution in [3.05, 3.63) is 18.7 Å². The Kier molecular flexibility index (Phi) is 2.90. The van der Waals surface area contributed by atoms with Crippen LogP contribution in [0.25, 0.3) is 5.65 Å². The van der Waals surface area contributed by atoms with Gasteiger partial charge in [0.25, 0.3) is 0 Å². The van der Waals surface area contributed by atoms with Gasteiger partial charge in [-0.15, -0.1) is 10.2 Å². The van der Waals surface area contributed by atoms with Gasteiger partial charge in [0.05, 0.1) is 0 Å². The van der Waals surface area contributed by atoms with Crippen LogP contribution in [0.15, 0.2) is 18.7 Å². The molecular weight excluding hydrogens is 222 g/mol. The molecule has 0 saturated heterocycles. The van der Waals surface area contributed by atoms with E-state index in [9.17, 15) is 4.79 Å². The summed E-state index contributed by atoms with van der Waals surface area (Å²) in [5.41, 5.74) is 0.551. The number of fused-ring (bicyclic) bond motifs is 1. The minimum atomic E-state index is -0.877. The Hall–Kier alpha value is -2.18. The first kappa shape index (κ1) is 11.3. The molecule has 0 aliphatic heterocycles. The van der Waals surface area contributed by atoms with E-state index >= 15 is 0 Å². The fourth-order valence-corrected chi connectivity index (χ4v) is 1.76. The van der Waals surface area contributed by atoms with Gasteiger partial charge >= 0.3 is 5.97 Å². The summed E-state index contributed by atoms with van der Waals surface area (Å²) in [7, 11) is 1.69. The number of hydrogen-bond donors (Lipinski definition) is 1. The normalized spacial score (nSPS) is 12.6. The average Bonchev–Trinajstić information content (AvgIpc) is 2.76. The first-order chi connectivity index (χ1) is 8.15. The first-order valence-corrected chi connectivity index (χ1v) is 5.25. The molecule has 0 amide bonds. The van der Waals surface area contributed by atoms with Crippen molar-refractivity contribution in [3.63, 3.8) is 0 Å². The van der Waals surface area contributed by atoms with E-state index in [1.807, 2.05) is 6.92 Å². The lowest BCUT2D eigenvalue weighted by Gasteiger charge is -2.24. The highest BCUT2D eigenvalue weighted by Gasteiger charge is 2.23. The minimum Gasteiger partial charge on any atom is -0.480 e. The standard InChI is InChI=1S/C10H13N5O2/c1-3-7(10(16)17)14(2)8-9-13-12-6-15(9)5-4-11-8/h4-7H,3H2,1-2H3,(H,16,17). The molecule has 2 aromatic rings. The number of hydrogen-bond acceptors (Lipinski definition) is 5. The molecule has 17 heavy (non-hydrogen) atoms. The Morgan fingerprint density at radius 1 is 1.65 bits per heavy atom. The third kappa shape index (κ3) is 1.91. The van der Waals surface area contributed by atoms with Crippen molar-refractivity contribution in [2.45, 2.75) is 19.4 Å². The molecule has 90 valence electrons. The monoisotopic (exact) mass is 235 g/mol. The van der Waals surface area contributed by atoms with Crippen LogP contribution >= 0.6 is 0 Å². The van der Waals surface area contributed by atoms with Gasteiger partial charge in [-0.3, -0.25) is 4.40 Å². The number of likely N-dealkylation sites (N-methyl/N-ethyl adjacent to an activating group) is 1. The molecule has 2 heterocycles. The number of aliphatic carboxylic acids is 1. The predicted molar refractivity (Wildman–Crippen MR) is 60.9 cm³/mol. The Labute approximate surface area is 97.7 Å². The largest absolute Gasteiger partial charge is 0.480 e. The van der Waals surface area contributed by atoms with Gasteiger partial charge in [-0.25, -0.2) is 9.78 Å². The Bertz CT molecular complexity index is 538. The highest BCUT2D eigenvalue weighted by molar-refractivity contribution is 5.79. The summed E-state index contributed by atoms with van der Waals surface area (Å²) in [6.45, 7) is 1.82. The topological polar surface area (TPSA) is 83.6 Å². The molecule has 1 N–H and O–H groups in total. The van der Waals surface area contributed by atoms with E-state index in [4.69, 9.17) is 5.11 Å². The maximum atomic E-state index is 11.1. The van der Waals surface area contributed by atoms with Gasteiger partial charge in [-0.2, -0.15) is 0 Å². The molecule has 2 rings (SSSR count). The van der Waals surface area contributed by atoms with Gasteiger partial charge < -0.3 is 10.0 Å². The van der Waals surface area contributed by atoms with E-state index in [2.05, 4.69) is 15.2 Å². The second-order valence-corrected chi connectivity index (χ2v) is 3.69. The molecule has 0 spiro atoms. The molecule has 0 fully saturated rings. The fourth-order valence-electron chi connectivity index (χ4n) is 1.76. The molecule has 0 saturated carbocycles. The van der Waals surface area contributed by atoms with Gasteiger partial charge in [0, 0.05) is 19.4 Å². The second-order valence-electron chi connectivity index (χ2n) is 3.69. The van der Waals surface area contributed by atoms with Crippen molar-refractivity contribution in [3.8, 4) is 0 Å². The molecule has 0 aliphatic carbocycles. The fraction of sp³-hybridized carbons (Fsp3) is 0.400. The highest BCUT2D eigenvalue weighted by atomic mass is 16.4. The van der Waals surface area contributed by atoms with Crippen molar-refractivity contribution in [2.75, 3.05) is 11.9 Å². The summed E-state index contributed by atoms with van der Waals surface area (Å²) in [4.78, 5) is 16.9. The summed E-state index contributed by atoms with van der Waals surface area (Å²) in [6, 6.07) is -0.620. The number of rotatable bonds is 4. The summed E-state index contributed by atoms with van der Waals surface area (Å²) in [6.07, 6.45) is 5.35. The third-order valence-corrected chi connectivity index (χ3v) is 2.67. The minimum absolute atomic E-state index is 0.489. The van der Waals surface area contributed by atoms with Crippen LogP contribution in [-0.2, 0) is 4.79 Å². The van der Waals surface area contributed by atoms with Crippen molar-refractivity contribution >= 4 is 17.4 Å². The van der Waals surface area contributed by atoms with Crippen LogP contribution in [0.5, 0.6) is 0 Å². The molecule has 2 aromatic heterocycles. The Morgan fingerprint density at radius 3 is 3.06 bits per heavy atom. The van der Waals surface area contributed by atoms with Crippen LogP contribution in [0.4, 0.5) is 5.82 Å². The Morgan fingerprint density at radius 2 is 2.41 bits per heavy atom. The van der Waals surface area contributed by atoms with Crippen molar-refractivity contribution in [1.82, 2.24) is 19.6 Å². The van der Waals surface area contributed by atoms with Crippen molar-refractivity contribution in [1.29, 1.82) is 0 Å². The summed E-state index contributed by atoms with van der Waals surface area (Å²) in [5.74, 6) is -0.363. The van der Waals surface area contributed by atoms with E-state index in [1.54, 1.807) is 35.1 Å². The molecule has 0 aliphatic rings. The van der Waals surface area contributed by atoms with E-state index in [-0.39, 0.29) is 0 Å². The van der Waals surface area contributed by atoms with Gasteiger partial charge in [-0.05, 0) is 6.42 Å². The number of nitrogens with zero attached hydrogens (tertiary/aromatic N) is 5. The quantitative estimate of drug-likeness (QED) is 0.827. The van der Waals surface area contributed by atoms with Gasteiger partial charge in [-0.1, -0.05) is 6.92 Å². The van der Waals surface area contributed by atoms with E-state index < -0.39 is 12.0 Å². The summed E-state index contributed by atoms with van der Waals surface area (Å²) in [5, 5.41) is 16.8. The zero-order valence-corrected chi connectivity index (χ0v) is 9.61. The number of anilines is 1. The molecular formula is C10H13N5O2. The lowest BCUT2D eigenvalue weighted by Crippen LogP contribution is -2.38. The lowest BCUT2D eigenvalue weighted by atomic mass is 10.2. The highest BCUT2D eigenvalue weighted by Crippen LogP contribution is 2.18. The molecule has 0 aromatic carbocycles. The molecule has 7 heteroatoms. The SMILES string of the molecule is CCC(C(=O)O)N(C)c1nccn2cnnc12. The van der Waals surface area contributed by atoms with Crippen LogP contribution < -0.4 is 4.90 Å². The van der Waals surface area contributed by atoms with Crippen molar-refractivity contribution in [2.24, 2.45) is 0 Å². The van der Waals surface area contributed by atoms with Crippen LogP contribution in [0.1, 0.15) is 13.3 Å². The summed E-state index contributed by atoms with van der Waals surface area (Å²) >= 11 is 0. The van der Waals surface area contributed by atoms with Crippen LogP contribution in [-0.4, -0.2) is 43.7 Å². The maximum absolute atomic E-state index is 11.1. The van der Waals surface area contributed by atoms with E-state index in [1.165, 1.54) is 0 Å². The first-order valence-electron chi connectivity index (χ1n) is 5.25. The zero-order chi connectivity index (χ0) is 12.4. The number of carbonyl (C=O) groups is 1. The molecule has 1 atom stereocenters. The zero-order valence-electron chi connectivity index (χ0n) is 9.61. The van der Waals surface area contributed by atoms with Gasteiger partial charge in [0.1, 0.15) is 12.4 Å². The van der Waals surface area contributed by atoms with E-state index in [0.717, 1.165) is 0 Å². The second kappa shape index (κ2) is 4.36. The predicted octanol–water partition coefficient (Wildman–Crippen LogP) is 0.424. The number of carboxylic acid groups (broad SMARTS) is 1. The molecule has 0 radical (unpaired) electrons.